The van der Waals surface area contributed by atoms with Crippen LogP contribution in [0.15, 0.2) is 11.6 Å². The Kier molecular flexibility index (Phi) is 4.31. The Hall–Kier alpha value is -1.90. The van der Waals surface area contributed by atoms with Crippen LogP contribution < -0.4 is 5.32 Å². The normalized spacial score (nSPS) is 13.2. The van der Waals surface area contributed by atoms with Gasteiger partial charge in [-0.2, -0.15) is 18.3 Å². The molecule has 0 fully saturated rings. The standard InChI is InChI=1S/C12H13F3N4OS/c1-3-8(11-18-9(5-21-11)12(13,14)15)17-10(20)7-4-16-19-6(7)2/h4-5,8H,3H2,1-2H3,(H,16,19)(H,17,20)/t8-/m0/s1. The van der Waals surface area contributed by atoms with Crippen molar-refractivity contribution < 1.29 is 18.0 Å². The average Bonchev–Trinajstić information content (AvgIpc) is 3.03. The van der Waals surface area contributed by atoms with Gasteiger partial charge in [-0.25, -0.2) is 4.98 Å². The summed E-state index contributed by atoms with van der Waals surface area (Å²) in [5.74, 6) is -0.392. The number of halogens is 3. The van der Waals surface area contributed by atoms with Crippen molar-refractivity contribution in [3.8, 4) is 0 Å². The fourth-order valence-corrected chi connectivity index (χ4v) is 2.69. The van der Waals surface area contributed by atoms with Gasteiger partial charge in [-0.15, -0.1) is 11.3 Å². The maximum atomic E-state index is 12.6. The van der Waals surface area contributed by atoms with E-state index in [1.807, 2.05) is 0 Å². The van der Waals surface area contributed by atoms with E-state index < -0.39 is 23.8 Å². The largest absolute Gasteiger partial charge is 0.434 e. The fourth-order valence-electron chi connectivity index (χ4n) is 1.73. The lowest BCUT2D eigenvalue weighted by Crippen LogP contribution is -2.28. The molecule has 0 spiro atoms. The minimum absolute atomic E-state index is 0.235. The molecule has 1 atom stereocenters. The molecule has 5 nitrogen and oxygen atoms in total. The molecule has 0 aliphatic heterocycles. The lowest BCUT2D eigenvalue weighted by Gasteiger charge is -2.14. The number of nitrogens with one attached hydrogen (secondary N) is 2. The lowest BCUT2D eigenvalue weighted by molar-refractivity contribution is -0.140. The molecule has 2 N–H and O–H groups in total. The van der Waals surface area contributed by atoms with Crippen molar-refractivity contribution in [2.45, 2.75) is 32.5 Å². The molecule has 9 heteroatoms. The van der Waals surface area contributed by atoms with Crippen molar-refractivity contribution in [2.75, 3.05) is 0 Å². The van der Waals surface area contributed by atoms with Crippen LogP contribution >= 0.6 is 11.3 Å². The predicted molar refractivity (Wildman–Crippen MR) is 70.9 cm³/mol. The number of H-pyrrole nitrogens is 1. The Bertz CT molecular complexity index is 634. The van der Waals surface area contributed by atoms with Crippen LogP contribution in [0.1, 0.15) is 46.1 Å². The molecule has 0 saturated carbocycles. The van der Waals surface area contributed by atoms with Gasteiger partial charge in [0.15, 0.2) is 5.69 Å². The Balaban J connectivity index is 2.15. The second-order valence-electron chi connectivity index (χ2n) is 4.41. The predicted octanol–water partition coefficient (Wildman–Crippen LogP) is 3.07. The molecule has 0 bridgehead atoms. The number of carbonyl (C=O) groups excluding carboxylic acids is 1. The minimum Gasteiger partial charge on any atom is -0.343 e. The van der Waals surface area contributed by atoms with Crippen LogP contribution in [-0.4, -0.2) is 21.1 Å². The molecule has 2 rings (SSSR count). The summed E-state index contributed by atoms with van der Waals surface area (Å²) < 4.78 is 37.7. The number of aryl methyl sites for hydroxylation is 1. The van der Waals surface area contributed by atoms with Crippen LogP contribution in [0.2, 0.25) is 0 Å². The summed E-state index contributed by atoms with van der Waals surface area (Å²) in [6, 6.07) is -0.562. The Labute approximate surface area is 122 Å². The highest BCUT2D eigenvalue weighted by Gasteiger charge is 2.34. The van der Waals surface area contributed by atoms with Gasteiger partial charge in [-0.3, -0.25) is 9.89 Å². The van der Waals surface area contributed by atoms with Gasteiger partial charge in [0.05, 0.1) is 17.8 Å². The lowest BCUT2D eigenvalue weighted by atomic mass is 10.2. The molecule has 0 aromatic carbocycles. The van der Waals surface area contributed by atoms with E-state index in [0.717, 1.165) is 16.7 Å². The summed E-state index contributed by atoms with van der Waals surface area (Å²) >= 11 is 0.883. The van der Waals surface area contributed by atoms with Crippen LogP contribution in [0.25, 0.3) is 0 Å². The van der Waals surface area contributed by atoms with E-state index >= 15 is 0 Å². The summed E-state index contributed by atoms with van der Waals surface area (Å²) in [6.07, 6.45) is -2.66. The highest BCUT2D eigenvalue weighted by atomic mass is 32.1. The quantitative estimate of drug-likeness (QED) is 0.910. The van der Waals surface area contributed by atoms with Crippen LogP contribution in [0.5, 0.6) is 0 Å². The topological polar surface area (TPSA) is 70.7 Å². The summed E-state index contributed by atoms with van der Waals surface area (Å²) in [5, 5.41) is 10.2. The number of alkyl halides is 3. The van der Waals surface area contributed by atoms with Gasteiger partial charge in [0.2, 0.25) is 0 Å². The van der Waals surface area contributed by atoms with Crippen LogP contribution in [0, 0.1) is 6.92 Å². The van der Waals surface area contributed by atoms with Crippen molar-refractivity contribution in [3.05, 3.63) is 33.5 Å². The maximum absolute atomic E-state index is 12.6. The molecule has 1 amide bonds. The molecule has 0 aliphatic rings. The van der Waals surface area contributed by atoms with Gasteiger partial charge >= 0.3 is 6.18 Å². The minimum atomic E-state index is -4.47. The first-order valence-corrected chi connectivity index (χ1v) is 7.04. The number of hydrogen-bond donors (Lipinski definition) is 2. The highest BCUT2D eigenvalue weighted by Crippen LogP contribution is 2.32. The number of aromatic nitrogens is 3. The number of carbonyl (C=O) groups is 1. The van der Waals surface area contributed by atoms with Crippen LogP contribution in [-0.2, 0) is 6.18 Å². The number of nitrogens with zero attached hydrogens (tertiary/aromatic N) is 2. The molecule has 0 radical (unpaired) electrons. The zero-order valence-electron chi connectivity index (χ0n) is 11.3. The summed E-state index contributed by atoms with van der Waals surface area (Å²) in [7, 11) is 0. The third-order valence-corrected chi connectivity index (χ3v) is 3.86. The van der Waals surface area contributed by atoms with E-state index in [9.17, 15) is 18.0 Å². The number of amides is 1. The van der Waals surface area contributed by atoms with E-state index in [1.165, 1.54) is 6.20 Å². The first-order chi connectivity index (χ1) is 9.82. The molecule has 21 heavy (non-hydrogen) atoms. The first-order valence-electron chi connectivity index (χ1n) is 6.16. The highest BCUT2D eigenvalue weighted by molar-refractivity contribution is 7.09. The van der Waals surface area contributed by atoms with Gasteiger partial charge < -0.3 is 5.32 Å². The van der Waals surface area contributed by atoms with Gasteiger partial charge in [0.25, 0.3) is 5.91 Å². The molecular weight excluding hydrogens is 305 g/mol. The molecule has 2 aromatic heterocycles. The summed E-state index contributed by atoms with van der Waals surface area (Å²) in [6.45, 7) is 3.45. The summed E-state index contributed by atoms with van der Waals surface area (Å²) in [5.41, 5.74) is 0.0215. The zero-order chi connectivity index (χ0) is 15.6. The Morgan fingerprint density at radius 1 is 1.52 bits per heavy atom. The average molecular weight is 318 g/mol. The molecule has 2 heterocycles. The van der Waals surface area contributed by atoms with E-state index in [2.05, 4.69) is 20.5 Å². The van der Waals surface area contributed by atoms with Crippen molar-refractivity contribution in [1.82, 2.24) is 20.5 Å². The Morgan fingerprint density at radius 3 is 2.71 bits per heavy atom. The molecule has 114 valence electrons. The van der Waals surface area contributed by atoms with E-state index in [-0.39, 0.29) is 5.01 Å². The van der Waals surface area contributed by atoms with Gasteiger partial charge in [0.1, 0.15) is 5.01 Å². The molecule has 0 saturated heterocycles. The van der Waals surface area contributed by atoms with Gasteiger partial charge in [-0.05, 0) is 13.3 Å². The molecule has 2 aromatic rings. The van der Waals surface area contributed by atoms with Crippen LogP contribution in [0.4, 0.5) is 13.2 Å². The van der Waals surface area contributed by atoms with Crippen molar-refractivity contribution in [2.24, 2.45) is 0 Å². The number of rotatable bonds is 4. The molecular formula is C12H13F3N4OS. The SMILES string of the molecule is CC[C@H](NC(=O)c1cn[nH]c1C)c1nc(C(F)(F)F)cs1. The van der Waals surface area contributed by atoms with E-state index in [1.54, 1.807) is 13.8 Å². The number of thiazole rings is 1. The van der Waals surface area contributed by atoms with Crippen molar-refractivity contribution in [1.29, 1.82) is 0 Å². The van der Waals surface area contributed by atoms with Gasteiger partial charge in [0, 0.05) is 11.1 Å². The van der Waals surface area contributed by atoms with Crippen LogP contribution in [0.3, 0.4) is 0 Å². The Morgan fingerprint density at radius 2 is 2.24 bits per heavy atom. The first kappa shape index (κ1) is 15.5. The maximum Gasteiger partial charge on any atom is 0.434 e. The smallest absolute Gasteiger partial charge is 0.343 e. The monoisotopic (exact) mass is 318 g/mol. The number of hydrogen-bond acceptors (Lipinski definition) is 4. The van der Waals surface area contributed by atoms with E-state index in [0.29, 0.717) is 17.7 Å². The molecule has 0 unspecified atom stereocenters. The fraction of sp³-hybridized carbons (Fsp3) is 0.417. The second-order valence-corrected chi connectivity index (χ2v) is 5.30. The van der Waals surface area contributed by atoms with Crippen molar-refractivity contribution >= 4 is 17.2 Å². The summed E-state index contributed by atoms with van der Waals surface area (Å²) in [4.78, 5) is 15.6. The molecule has 0 aliphatic carbocycles. The van der Waals surface area contributed by atoms with E-state index in [4.69, 9.17) is 0 Å². The third kappa shape index (κ3) is 3.41. The van der Waals surface area contributed by atoms with Crippen molar-refractivity contribution in [3.63, 3.8) is 0 Å². The number of aromatic amines is 1. The third-order valence-electron chi connectivity index (χ3n) is 2.90. The second kappa shape index (κ2) is 5.84. The van der Waals surface area contributed by atoms with Gasteiger partial charge in [-0.1, -0.05) is 6.92 Å². The zero-order valence-corrected chi connectivity index (χ0v) is 12.1.